The quantitative estimate of drug-likeness (QED) is 0.130. The van der Waals surface area contributed by atoms with Crippen LogP contribution in [0.3, 0.4) is 0 Å². The number of nitrogens with zero attached hydrogens (tertiary/aromatic N) is 1. The number of anilines is 3. The second kappa shape index (κ2) is 17.6. The van der Waals surface area contributed by atoms with Crippen LogP contribution in [0.25, 0.3) is 44.5 Å². The van der Waals surface area contributed by atoms with Crippen molar-refractivity contribution in [1.82, 2.24) is 0 Å². The fraction of sp³-hybridized carbons (Fsp3) is 0.0294. The lowest BCUT2D eigenvalue weighted by Crippen LogP contribution is -2.28. The summed E-state index contributed by atoms with van der Waals surface area (Å²) in [4.78, 5) is 2.42. The van der Waals surface area contributed by atoms with E-state index in [2.05, 4.69) is 290 Å². The maximum absolute atomic E-state index is 2.45. The zero-order valence-electron chi connectivity index (χ0n) is 38.8. The zero-order chi connectivity index (χ0) is 45.8. The van der Waals surface area contributed by atoms with Crippen LogP contribution < -0.4 is 4.90 Å². The van der Waals surface area contributed by atoms with Gasteiger partial charge in [-0.15, -0.1) is 0 Å². The van der Waals surface area contributed by atoms with Gasteiger partial charge >= 0.3 is 0 Å². The van der Waals surface area contributed by atoms with Gasteiger partial charge in [-0.05, 0) is 131 Å². The average Bonchev–Trinajstić information content (AvgIpc) is 3.90. The standard InChI is InChI=1S/C68H47N.H3P/c1-6-20-48(21-7-1)49-34-39-56(40-35-49)69(58-43-45-65-62(47-58)60-31-17-19-33-64(60)67(65,52-22-8-2-9-23-52)53-24-10-3-11-25-53)57-41-36-50(37-42-57)51-38-44-61-59-30-16-18-32-63(59)68(66(61)46-51,54-26-12-4-13-27-54)55-28-14-5-15-29-55;/h1-47H;1H3. The molecule has 11 aromatic carbocycles. The van der Waals surface area contributed by atoms with Crippen LogP contribution in [0, 0.1) is 0 Å². The summed E-state index contributed by atoms with van der Waals surface area (Å²) in [5, 5.41) is 0. The van der Waals surface area contributed by atoms with Gasteiger partial charge in [-0.1, -0.05) is 243 Å². The van der Waals surface area contributed by atoms with Crippen molar-refractivity contribution in [3.8, 4) is 44.5 Å². The number of hydrogen-bond donors (Lipinski definition) is 0. The van der Waals surface area contributed by atoms with Crippen molar-refractivity contribution in [2.24, 2.45) is 0 Å². The van der Waals surface area contributed by atoms with E-state index in [1.807, 2.05) is 0 Å². The van der Waals surface area contributed by atoms with Crippen molar-refractivity contribution in [3.05, 3.63) is 330 Å². The molecule has 70 heavy (non-hydrogen) atoms. The molecule has 0 saturated heterocycles. The maximum Gasteiger partial charge on any atom is 0.0713 e. The largest absolute Gasteiger partial charge is 0.310 e. The Morgan fingerprint density at radius 1 is 0.214 bits per heavy atom. The Balaban J connectivity index is 0.00000505. The molecule has 1 unspecified atom stereocenters. The molecule has 2 heteroatoms. The van der Waals surface area contributed by atoms with Crippen LogP contribution >= 0.6 is 9.90 Å². The van der Waals surface area contributed by atoms with E-state index in [4.69, 9.17) is 0 Å². The third-order valence-electron chi connectivity index (χ3n) is 14.9. The fourth-order valence-electron chi connectivity index (χ4n) is 11.9. The van der Waals surface area contributed by atoms with Gasteiger partial charge in [0.2, 0.25) is 0 Å². The SMILES string of the molecule is P.c1ccc(-c2ccc(N(c3ccc(-c4ccc5c(c4)C(c4ccccc4)(c4ccccc4)c4ccccc4-5)cc3)c3ccc4c(c3)-c3ccccc3C4(c3ccccc3)c3ccccc3)cc2)cc1. The second-order valence-corrected chi connectivity index (χ2v) is 18.3. The molecule has 0 amide bonds. The first-order valence-electron chi connectivity index (χ1n) is 24.0. The maximum atomic E-state index is 2.45. The van der Waals surface area contributed by atoms with Crippen LogP contribution in [0.4, 0.5) is 17.1 Å². The molecule has 2 aliphatic rings. The van der Waals surface area contributed by atoms with Crippen molar-refractivity contribution in [1.29, 1.82) is 0 Å². The lowest BCUT2D eigenvalue weighted by Gasteiger charge is -2.34. The van der Waals surface area contributed by atoms with Crippen LogP contribution in [0.1, 0.15) is 44.5 Å². The molecule has 0 N–H and O–H groups in total. The fourth-order valence-corrected chi connectivity index (χ4v) is 11.9. The van der Waals surface area contributed by atoms with Crippen LogP contribution in [-0.4, -0.2) is 0 Å². The molecule has 11 aromatic rings. The van der Waals surface area contributed by atoms with Gasteiger partial charge in [0.05, 0.1) is 10.8 Å². The van der Waals surface area contributed by atoms with Gasteiger partial charge in [0.25, 0.3) is 0 Å². The third-order valence-corrected chi connectivity index (χ3v) is 14.9. The highest BCUT2D eigenvalue weighted by Crippen LogP contribution is 2.59. The number of hydrogen-bond acceptors (Lipinski definition) is 1. The Morgan fingerprint density at radius 3 is 1.03 bits per heavy atom. The Labute approximate surface area is 414 Å². The molecule has 0 aromatic heterocycles. The second-order valence-electron chi connectivity index (χ2n) is 18.3. The summed E-state index contributed by atoms with van der Waals surface area (Å²) >= 11 is 0. The third kappa shape index (κ3) is 6.65. The van der Waals surface area contributed by atoms with Crippen LogP contribution in [-0.2, 0) is 10.8 Å². The Bertz CT molecular complexity index is 3550. The summed E-state index contributed by atoms with van der Waals surface area (Å²) in [5.74, 6) is 0. The van der Waals surface area contributed by atoms with Crippen molar-refractivity contribution in [2.75, 3.05) is 4.90 Å². The van der Waals surface area contributed by atoms with Gasteiger partial charge < -0.3 is 4.90 Å². The lowest BCUT2D eigenvalue weighted by molar-refractivity contribution is 0.768. The summed E-state index contributed by atoms with van der Waals surface area (Å²) in [6.07, 6.45) is 0. The van der Waals surface area contributed by atoms with E-state index in [0.717, 1.165) is 17.1 Å². The molecule has 1 nitrogen and oxygen atoms in total. The first-order valence-corrected chi connectivity index (χ1v) is 24.0. The van der Waals surface area contributed by atoms with Crippen molar-refractivity contribution in [3.63, 3.8) is 0 Å². The summed E-state index contributed by atoms with van der Waals surface area (Å²) < 4.78 is 0. The molecule has 13 rings (SSSR count). The molecular formula is C68H50NP. The van der Waals surface area contributed by atoms with E-state index in [1.54, 1.807) is 0 Å². The Morgan fingerprint density at radius 2 is 0.543 bits per heavy atom. The van der Waals surface area contributed by atoms with Crippen LogP contribution in [0.15, 0.2) is 285 Å². The molecule has 332 valence electrons. The normalized spacial score (nSPS) is 13.3. The smallest absolute Gasteiger partial charge is 0.0713 e. The minimum absolute atomic E-state index is 0. The average molecular weight is 912 g/mol. The van der Waals surface area contributed by atoms with E-state index in [1.165, 1.54) is 89.0 Å². The number of rotatable bonds is 9. The van der Waals surface area contributed by atoms with E-state index in [9.17, 15) is 0 Å². The van der Waals surface area contributed by atoms with Gasteiger partial charge in [-0.2, -0.15) is 9.90 Å². The molecule has 0 spiro atoms. The van der Waals surface area contributed by atoms with Crippen LogP contribution in [0.2, 0.25) is 0 Å². The monoisotopic (exact) mass is 911 g/mol. The zero-order valence-corrected chi connectivity index (χ0v) is 40.2. The molecule has 0 aliphatic heterocycles. The van der Waals surface area contributed by atoms with Crippen molar-refractivity contribution < 1.29 is 0 Å². The molecule has 0 fully saturated rings. The predicted molar refractivity (Wildman–Crippen MR) is 298 cm³/mol. The lowest BCUT2D eigenvalue weighted by atomic mass is 9.67. The molecular weight excluding hydrogens is 862 g/mol. The minimum Gasteiger partial charge on any atom is -0.310 e. The molecule has 0 heterocycles. The van der Waals surface area contributed by atoms with Crippen molar-refractivity contribution >= 4 is 27.0 Å². The highest BCUT2D eigenvalue weighted by molar-refractivity contribution is 6.92. The minimum atomic E-state index is -0.466. The first kappa shape index (κ1) is 43.0. The summed E-state index contributed by atoms with van der Waals surface area (Å²) in [7, 11) is 0. The summed E-state index contributed by atoms with van der Waals surface area (Å²) in [6, 6.07) is 105. The van der Waals surface area contributed by atoms with Gasteiger partial charge in [-0.3, -0.25) is 0 Å². The predicted octanol–water partition coefficient (Wildman–Crippen LogP) is 17.3. The number of fused-ring (bicyclic) bond motifs is 6. The number of benzene rings is 11. The Hall–Kier alpha value is -8.35. The summed E-state index contributed by atoms with van der Waals surface area (Å²) in [6.45, 7) is 0. The molecule has 0 radical (unpaired) electrons. The highest BCUT2D eigenvalue weighted by atomic mass is 31.0. The molecule has 1 atom stereocenters. The topological polar surface area (TPSA) is 3.24 Å². The molecule has 0 bridgehead atoms. The Kier molecular flexibility index (Phi) is 10.8. The van der Waals surface area contributed by atoms with E-state index in [-0.39, 0.29) is 9.90 Å². The molecule has 0 saturated carbocycles. The first-order chi connectivity index (χ1) is 34.2. The van der Waals surface area contributed by atoms with E-state index >= 15 is 0 Å². The van der Waals surface area contributed by atoms with Crippen LogP contribution in [0.5, 0.6) is 0 Å². The van der Waals surface area contributed by atoms with Gasteiger partial charge in [0, 0.05) is 17.1 Å². The summed E-state index contributed by atoms with van der Waals surface area (Å²) in [5.41, 5.74) is 22.5. The van der Waals surface area contributed by atoms with Gasteiger partial charge in [-0.25, -0.2) is 0 Å². The van der Waals surface area contributed by atoms with E-state index < -0.39 is 10.8 Å². The van der Waals surface area contributed by atoms with Gasteiger partial charge in [0.15, 0.2) is 0 Å². The van der Waals surface area contributed by atoms with Gasteiger partial charge in [0.1, 0.15) is 0 Å². The molecule has 2 aliphatic carbocycles. The highest BCUT2D eigenvalue weighted by Gasteiger charge is 2.47. The van der Waals surface area contributed by atoms with Crippen molar-refractivity contribution in [2.45, 2.75) is 10.8 Å². The van der Waals surface area contributed by atoms with E-state index in [0.29, 0.717) is 0 Å².